The summed E-state index contributed by atoms with van der Waals surface area (Å²) in [5.41, 5.74) is 1.57. The highest BCUT2D eigenvalue weighted by molar-refractivity contribution is 6.01. The number of benzene rings is 3. The number of carboxylic acid groups (broad SMARTS) is 1. The van der Waals surface area contributed by atoms with E-state index < -0.39 is 35.5 Å². The van der Waals surface area contributed by atoms with Crippen LogP contribution in [0.1, 0.15) is 37.0 Å². The summed E-state index contributed by atoms with van der Waals surface area (Å²) in [5, 5.41) is 14.4. The molecule has 0 saturated heterocycles. The van der Waals surface area contributed by atoms with E-state index in [2.05, 4.69) is 10.6 Å². The zero-order valence-electron chi connectivity index (χ0n) is 19.8. The number of carbonyl (C=O) groups excluding carboxylic acids is 2. The molecule has 1 fully saturated rings. The summed E-state index contributed by atoms with van der Waals surface area (Å²) >= 11 is 0. The molecule has 186 valence electrons. The summed E-state index contributed by atoms with van der Waals surface area (Å²) < 4.78 is 28.0. The number of Topliss-reactive ketones (excluding diaryl/α,β-unsaturated/α-hetero) is 1. The van der Waals surface area contributed by atoms with Crippen LogP contribution in [0.2, 0.25) is 0 Å². The zero-order valence-corrected chi connectivity index (χ0v) is 19.8. The Kier molecular flexibility index (Phi) is 6.88. The molecule has 0 aromatic heterocycles. The number of hydrogen-bond acceptors (Lipinski definition) is 3. The largest absolute Gasteiger partial charge is 0.481 e. The van der Waals surface area contributed by atoms with Crippen LogP contribution in [0.3, 0.4) is 0 Å². The molecule has 2 atom stereocenters. The SMILES string of the molecule is CC1(C)CC(C(=O)O)C(C(=O)c2ccc(-c3ccc(NC(=O)Nc4cccc(F)c4)c(F)c3)cc2)C1. The summed E-state index contributed by atoms with van der Waals surface area (Å²) in [4.78, 5) is 36.9. The second-order valence-electron chi connectivity index (χ2n) is 9.85. The monoisotopic (exact) mass is 492 g/mol. The Hall–Kier alpha value is -4.07. The molecule has 0 heterocycles. The molecule has 1 saturated carbocycles. The molecule has 8 heteroatoms. The number of ketones is 1. The van der Waals surface area contributed by atoms with E-state index in [0.717, 1.165) is 6.07 Å². The number of halogens is 2. The van der Waals surface area contributed by atoms with Crippen molar-refractivity contribution in [1.82, 2.24) is 0 Å². The maximum atomic E-state index is 14.7. The molecular formula is C28H26F2N2O4. The van der Waals surface area contributed by atoms with Crippen LogP contribution in [0.5, 0.6) is 0 Å². The average molecular weight is 493 g/mol. The van der Waals surface area contributed by atoms with Gasteiger partial charge in [0.05, 0.1) is 11.6 Å². The lowest BCUT2D eigenvalue weighted by Gasteiger charge is -2.16. The van der Waals surface area contributed by atoms with Crippen molar-refractivity contribution in [3.05, 3.63) is 83.9 Å². The standard InChI is InChI=1S/C28H26F2N2O4/c1-28(2)14-21(22(15-28)26(34)35)25(33)17-8-6-16(7-9-17)18-10-11-24(23(30)12-18)32-27(36)31-20-5-3-4-19(29)13-20/h3-13,21-22H,14-15H2,1-2H3,(H,34,35)(H2,31,32,36). The van der Waals surface area contributed by atoms with Gasteiger partial charge in [0.2, 0.25) is 0 Å². The molecule has 2 amide bonds. The maximum absolute atomic E-state index is 14.7. The lowest BCUT2D eigenvalue weighted by molar-refractivity contribution is -0.142. The lowest BCUT2D eigenvalue weighted by Crippen LogP contribution is -2.25. The average Bonchev–Trinajstić information content (AvgIpc) is 3.16. The van der Waals surface area contributed by atoms with E-state index in [4.69, 9.17) is 0 Å². The summed E-state index contributed by atoms with van der Waals surface area (Å²) in [7, 11) is 0. The number of carboxylic acids is 1. The van der Waals surface area contributed by atoms with Gasteiger partial charge >= 0.3 is 12.0 Å². The third-order valence-corrected chi connectivity index (χ3v) is 6.49. The third kappa shape index (κ3) is 5.59. The number of rotatable bonds is 6. The smallest absolute Gasteiger partial charge is 0.323 e. The highest BCUT2D eigenvalue weighted by Gasteiger charge is 2.46. The predicted octanol–water partition coefficient (Wildman–Crippen LogP) is 6.60. The van der Waals surface area contributed by atoms with E-state index in [1.54, 1.807) is 30.3 Å². The molecule has 3 aromatic rings. The second kappa shape index (κ2) is 9.89. The van der Waals surface area contributed by atoms with Crippen LogP contribution >= 0.6 is 0 Å². The van der Waals surface area contributed by atoms with Crippen molar-refractivity contribution in [1.29, 1.82) is 0 Å². The van der Waals surface area contributed by atoms with Crippen LogP contribution in [0.25, 0.3) is 11.1 Å². The number of hydrogen-bond donors (Lipinski definition) is 3. The zero-order chi connectivity index (χ0) is 26.0. The fourth-order valence-electron chi connectivity index (χ4n) is 4.78. The molecule has 3 aromatic carbocycles. The van der Waals surface area contributed by atoms with E-state index in [9.17, 15) is 28.3 Å². The van der Waals surface area contributed by atoms with E-state index in [1.165, 1.54) is 30.3 Å². The molecule has 0 aliphatic heterocycles. The number of amides is 2. The first kappa shape index (κ1) is 25.0. The predicted molar refractivity (Wildman–Crippen MR) is 133 cm³/mol. The lowest BCUT2D eigenvalue weighted by atomic mass is 9.87. The van der Waals surface area contributed by atoms with Crippen molar-refractivity contribution in [2.75, 3.05) is 10.6 Å². The summed E-state index contributed by atoms with van der Waals surface area (Å²) in [6, 6.07) is 15.5. The Bertz CT molecular complexity index is 1320. The first-order valence-electron chi connectivity index (χ1n) is 11.5. The van der Waals surface area contributed by atoms with Gasteiger partial charge in [0, 0.05) is 17.2 Å². The van der Waals surface area contributed by atoms with Gasteiger partial charge in [-0.15, -0.1) is 0 Å². The highest BCUT2D eigenvalue weighted by Crippen LogP contribution is 2.46. The Morgan fingerprint density at radius 2 is 1.53 bits per heavy atom. The van der Waals surface area contributed by atoms with Crippen LogP contribution in [-0.2, 0) is 4.79 Å². The van der Waals surface area contributed by atoms with Crippen LogP contribution in [-0.4, -0.2) is 22.9 Å². The molecule has 36 heavy (non-hydrogen) atoms. The second-order valence-corrected chi connectivity index (χ2v) is 9.85. The fourth-order valence-corrected chi connectivity index (χ4v) is 4.78. The van der Waals surface area contributed by atoms with E-state index >= 15 is 0 Å². The topological polar surface area (TPSA) is 95.5 Å². The van der Waals surface area contributed by atoms with Crippen molar-refractivity contribution in [2.24, 2.45) is 17.3 Å². The molecular weight excluding hydrogens is 466 g/mol. The summed E-state index contributed by atoms with van der Waals surface area (Å²) in [6.07, 6.45) is 0.966. The number of urea groups is 1. The van der Waals surface area contributed by atoms with E-state index in [-0.39, 0.29) is 22.6 Å². The van der Waals surface area contributed by atoms with Gasteiger partial charge in [0.1, 0.15) is 11.6 Å². The van der Waals surface area contributed by atoms with Crippen LogP contribution in [0, 0.1) is 28.9 Å². The van der Waals surface area contributed by atoms with E-state index in [0.29, 0.717) is 29.5 Å². The van der Waals surface area contributed by atoms with Gasteiger partial charge in [-0.3, -0.25) is 9.59 Å². The first-order valence-corrected chi connectivity index (χ1v) is 11.5. The molecule has 0 spiro atoms. The van der Waals surface area contributed by atoms with Crippen LogP contribution in [0.4, 0.5) is 25.0 Å². The van der Waals surface area contributed by atoms with Crippen LogP contribution < -0.4 is 10.6 Å². The molecule has 2 unspecified atom stereocenters. The minimum Gasteiger partial charge on any atom is -0.481 e. The van der Waals surface area contributed by atoms with Crippen LogP contribution in [0.15, 0.2) is 66.7 Å². The Labute approximate surface area is 207 Å². The van der Waals surface area contributed by atoms with Gasteiger partial charge in [-0.2, -0.15) is 0 Å². The van der Waals surface area contributed by atoms with Gasteiger partial charge in [0.25, 0.3) is 0 Å². The molecule has 0 bridgehead atoms. The quantitative estimate of drug-likeness (QED) is 0.338. The number of anilines is 2. The summed E-state index contributed by atoms with van der Waals surface area (Å²) in [6.45, 7) is 3.94. The van der Waals surface area contributed by atoms with Gasteiger partial charge in [0.15, 0.2) is 5.78 Å². The molecule has 4 rings (SSSR count). The Morgan fingerprint density at radius 1 is 0.861 bits per heavy atom. The van der Waals surface area contributed by atoms with Gasteiger partial charge in [-0.05, 0) is 59.7 Å². The Morgan fingerprint density at radius 3 is 2.17 bits per heavy atom. The van der Waals surface area contributed by atoms with Gasteiger partial charge in [-0.1, -0.05) is 50.2 Å². The third-order valence-electron chi connectivity index (χ3n) is 6.49. The molecule has 1 aliphatic rings. The van der Waals surface area contributed by atoms with Crippen molar-refractivity contribution in [3.8, 4) is 11.1 Å². The molecule has 3 N–H and O–H groups in total. The maximum Gasteiger partial charge on any atom is 0.323 e. The van der Waals surface area contributed by atoms with Gasteiger partial charge < -0.3 is 15.7 Å². The van der Waals surface area contributed by atoms with Gasteiger partial charge in [-0.25, -0.2) is 13.6 Å². The number of aliphatic carboxylic acids is 1. The van der Waals surface area contributed by atoms with E-state index in [1.807, 2.05) is 13.8 Å². The Balaban J connectivity index is 1.45. The number of nitrogens with one attached hydrogen (secondary N) is 2. The fraction of sp³-hybridized carbons (Fsp3) is 0.250. The highest BCUT2D eigenvalue weighted by atomic mass is 19.1. The van der Waals surface area contributed by atoms with Crippen molar-refractivity contribution in [3.63, 3.8) is 0 Å². The van der Waals surface area contributed by atoms with Crippen molar-refractivity contribution >= 4 is 29.2 Å². The number of carbonyl (C=O) groups is 3. The normalized spacial score (nSPS) is 18.4. The van der Waals surface area contributed by atoms with Crippen molar-refractivity contribution in [2.45, 2.75) is 26.7 Å². The van der Waals surface area contributed by atoms with Crippen molar-refractivity contribution < 1.29 is 28.3 Å². The molecule has 1 aliphatic carbocycles. The summed E-state index contributed by atoms with van der Waals surface area (Å²) in [5.74, 6) is -3.62. The molecule has 0 radical (unpaired) electrons. The molecule has 6 nitrogen and oxygen atoms in total. The minimum absolute atomic E-state index is 0.0528. The minimum atomic E-state index is -0.954. The first-order chi connectivity index (χ1) is 17.0.